The summed E-state index contributed by atoms with van der Waals surface area (Å²) in [6, 6.07) is 11.7. The Hall–Kier alpha value is -3.82. The largest absolute Gasteiger partial charge is 0.741 e. The second-order valence-corrected chi connectivity index (χ2v) is 10.4. The molecule has 0 unspecified atom stereocenters. The Kier molecular flexibility index (Phi) is 7.75. The number of carbonyl (C=O) groups is 2. The van der Waals surface area contributed by atoms with Crippen LogP contribution in [0, 0.1) is 0 Å². The van der Waals surface area contributed by atoms with Crippen LogP contribution in [0.3, 0.4) is 0 Å². The Morgan fingerprint density at radius 3 is 2.55 bits per heavy atom. The summed E-state index contributed by atoms with van der Waals surface area (Å²) in [7, 11) is -6.09. The fourth-order valence-electron chi connectivity index (χ4n) is 4.62. The van der Waals surface area contributed by atoms with Crippen LogP contribution in [0.2, 0.25) is 0 Å². The van der Waals surface area contributed by atoms with Gasteiger partial charge in [0.2, 0.25) is 16.8 Å². The quantitative estimate of drug-likeness (QED) is 0.209. The van der Waals surface area contributed by atoms with Crippen LogP contribution in [0.25, 0.3) is 22.3 Å². The number of aliphatic hydroxyl groups is 1. The number of fused-ring (bicyclic) bond motifs is 5. The number of rotatable bonds is 5. The van der Waals surface area contributed by atoms with E-state index < -0.39 is 33.2 Å². The van der Waals surface area contributed by atoms with Crippen LogP contribution >= 0.6 is 0 Å². The van der Waals surface area contributed by atoms with E-state index in [1.165, 1.54) is 0 Å². The van der Waals surface area contributed by atoms with Gasteiger partial charge in [-0.2, -0.15) is 13.2 Å². The number of nitrogens with zero attached hydrogens (tertiary/aromatic N) is 1. The predicted octanol–water partition coefficient (Wildman–Crippen LogP) is 1.87. The minimum Gasteiger partial charge on any atom is -0.741 e. The SMILES string of the molecule is CC[C@@]1(OC(=O)CCCO)C(=O)OCc2c1cc1n(c2=O)Cc2cc3ccccc3[nH+]c2-1.O=S(=O)([O-])C(F)(F)F. The van der Waals surface area contributed by atoms with E-state index in [4.69, 9.17) is 27.6 Å². The van der Waals surface area contributed by atoms with Crippen LogP contribution in [0.4, 0.5) is 13.2 Å². The minimum atomic E-state index is -6.09. The van der Waals surface area contributed by atoms with E-state index in [1.807, 2.05) is 24.3 Å². The van der Waals surface area contributed by atoms with Gasteiger partial charge in [0.15, 0.2) is 10.1 Å². The second kappa shape index (κ2) is 10.6. The summed E-state index contributed by atoms with van der Waals surface area (Å²) >= 11 is 0. The van der Waals surface area contributed by atoms with Crippen molar-refractivity contribution in [2.45, 2.75) is 50.4 Å². The first kappa shape index (κ1) is 29.2. The summed E-state index contributed by atoms with van der Waals surface area (Å²) < 4.78 is 71.5. The van der Waals surface area contributed by atoms with E-state index in [1.54, 1.807) is 17.6 Å². The Morgan fingerprint density at radius 1 is 1.25 bits per heavy atom. The second-order valence-electron chi connectivity index (χ2n) is 9.03. The van der Waals surface area contributed by atoms with E-state index in [0.29, 0.717) is 23.4 Å². The molecule has 0 fully saturated rings. The summed E-state index contributed by atoms with van der Waals surface area (Å²) in [5.74, 6) is -1.31. The van der Waals surface area contributed by atoms with Crippen molar-refractivity contribution in [3.8, 4) is 11.4 Å². The number of H-pyrrole nitrogens is 1. The van der Waals surface area contributed by atoms with Gasteiger partial charge < -0.3 is 19.1 Å². The highest BCUT2D eigenvalue weighted by Gasteiger charge is 2.50. The van der Waals surface area contributed by atoms with Crippen molar-refractivity contribution in [3.63, 3.8) is 0 Å². The van der Waals surface area contributed by atoms with Gasteiger partial charge in [0, 0.05) is 35.6 Å². The molecule has 0 aliphatic carbocycles. The molecule has 0 bridgehead atoms. The number of benzene rings is 1. The first-order valence-corrected chi connectivity index (χ1v) is 13.4. The maximum Gasteiger partial charge on any atom is 0.485 e. The molecule has 2 aliphatic heterocycles. The molecule has 0 saturated carbocycles. The van der Waals surface area contributed by atoms with E-state index >= 15 is 0 Å². The normalized spacial score (nSPS) is 17.7. The summed E-state index contributed by atoms with van der Waals surface area (Å²) in [6.07, 6.45) is 0.317. The lowest BCUT2D eigenvalue weighted by molar-refractivity contribution is -0.331. The van der Waals surface area contributed by atoms with Crippen molar-refractivity contribution in [3.05, 3.63) is 63.4 Å². The highest BCUT2D eigenvalue weighted by molar-refractivity contribution is 7.86. The smallest absolute Gasteiger partial charge is 0.485 e. The summed E-state index contributed by atoms with van der Waals surface area (Å²) in [4.78, 5) is 42.1. The van der Waals surface area contributed by atoms with Gasteiger partial charge in [0.05, 0.1) is 12.1 Å². The maximum absolute atomic E-state index is 13.4. The molecule has 40 heavy (non-hydrogen) atoms. The number of aromatic nitrogens is 2. The summed E-state index contributed by atoms with van der Waals surface area (Å²) in [6.45, 7) is 1.80. The van der Waals surface area contributed by atoms with E-state index in [-0.39, 0.29) is 38.0 Å². The Morgan fingerprint density at radius 2 is 1.93 bits per heavy atom. The predicted molar refractivity (Wildman–Crippen MR) is 129 cm³/mol. The summed E-state index contributed by atoms with van der Waals surface area (Å²) in [5, 5.41) is 10.1. The molecule has 0 radical (unpaired) electrons. The molecule has 1 aromatic carbocycles. The number of para-hydroxylation sites is 1. The van der Waals surface area contributed by atoms with Crippen molar-refractivity contribution >= 4 is 33.0 Å². The number of carbonyl (C=O) groups excluding carboxylic acids is 2. The Balaban J connectivity index is 0.000000406. The fraction of sp³-hybridized carbons (Fsp3) is 0.360. The van der Waals surface area contributed by atoms with Gasteiger partial charge in [-0.1, -0.05) is 19.1 Å². The van der Waals surface area contributed by atoms with Crippen LogP contribution in [0.15, 0.2) is 41.2 Å². The number of hydrogen-bond acceptors (Lipinski definition) is 9. The first-order chi connectivity index (χ1) is 18.7. The lowest BCUT2D eigenvalue weighted by Crippen LogP contribution is -2.47. The van der Waals surface area contributed by atoms with Crippen LogP contribution in [0.5, 0.6) is 0 Å². The van der Waals surface area contributed by atoms with Crippen molar-refractivity contribution in [1.29, 1.82) is 0 Å². The van der Waals surface area contributed by atoms with Crippen LogP contribution in [-0.4, -0.2) is 46.7 Å². The first-order valence-electron chi connectivity index (χ1n) is 12.0. The number of halogens is 3. The number of nitrogens with one attached hydrogen (secondary N) is 1. The monoisotopic (exact) mass is 584 g/mol. The van der Waals surface area contributed by atoms with Crippen LogP contribution < -0.4 is 10.5 Å². The number of pyridine rings is 2. The summed E-state index contributed by atoms with van der Waals surface area (Å²) in [5.41, 5.74) is -3.54. The number of aliphatic hydroxyl groups excluding tert-OH is 1. The zero-order chi connectivity index (χ0) is 29.5. The van der Waals surface area contributed by atoms with Crippen LogP contribution in [0.1, 0.15) is 42.9 Å². The molecule has 4 heterocycles. The molecule has 0 amide bonds. The molecule has 11 nitrogen and oxygen atoms in total. The zero-order valence-electron chi connectivity index (χ0n) is 20.9. The van der Waals surface area contributed by atoms with E-state index in [0.717, 1.165) is 22.2 Å². The number of esters is 2. The van der Waals surface area contributed by atoms with Crippen molar-refractivity contribution in [2.24, 2.45) is 0 Å². The molecule has 15 heteroatoms. The number of cyclic esters (lactones) is 1. The molecule has 3 aromatic rings. The van der Waals surface area contributed by atoms with Crippen LogP contribution in [-0.2, 0) is 47.9 Å². The Bertz CT molecular complexity index is 1670. The van der Waals surface area contributed by atoms with Gasteiger partial charge >= 0.3 is 17.4 Å². The minimum absolute atomic E-state index is 0.0343. The third-order valence-electron chi connectivity index (χ3n) is 6.58. The lowest BCUT2D eigenvalue weighted by atomic mass is 9.85. The molecule has 1 atom stereocenters. The third kappa shape index (κ3) is 5.19. The standard InChI is InChI=1S/C24H22N2O6.CHF3O3S/c1-2-24(32-20(28)8-5-9-27)17-11-19-21-15(10-14-6-3-4-7-18(14)25-21)12-26(19)22(29)16(17)13-31-23(24)30;2-1(3,4)8(5,6)7/h3-4,6-7,10-11,27H,2,5,8-9,12-13H2,1H3;(H,5,6,7)/t24-;/m0./s1. The molecule has 2 aliphatic rings. The topological polar surface area (TPSA) is 166 Å². The molecule has 0 saturated heterocycles. The molecule has 5 rings (SSSR count). The lowest BCUT2D eigenvalue weighted by Gasteiger charge is -2.35. The Labute approximate surface area is 224 Å². The highest BCUT2D eigenvalue weighted by atomic mass is 32.2. The molecular formula is C25H23F3N2O9S. The molecule has 0 spiro atoms. The molecule has 2 aromatic heterocycles. The number of ether oxygens (including phenoxy) is 2. The van der Waals surface area contributed by atoms with Crippen molar-refractivity contribution < 1.29 is 55.3 Å². The van der Waals surface area contributed by atoms with Gasteiger partial charge in [-0.15, -0.1) is 0 Å². The van der Waals surface area contributed by atoms with E-state index in [9.17, 15) is 27.6 Å². The third-order valence-corrected chi connectivity index (χ3v) is 7.14. The van der Waals surface area contributed by atoms with Gasteiger partial charge in [-0.3, -0.25) is 14.2 Å². The molecular weight excluding hydrogens is 561 g/mol. The average molecular weight is 585 g/mol. The molecule has 2 N–H and O–H groups in total. The van der Waals surface area contributed by atoms with Crippen molar-refractivity contribution in [1.82, 2.24) is 4.57 Å². The number of aromatic amines is 1. The van der Waals surface area contributed by atoms with Crippen molar-refractivity contribution in [2.75, 3.05) is 6.61 Å². The number of alkyl halides is 3. The average Bonchev–Trinajstić information content (AvgIpc) is 3.25. The van der Waals surface area contributed by atoms with E-state index in [2.05, 4.69) is 11.1 Å². The van der Waals surface area contributed by atoms with Gasteiger partial charge in [-0.05, 0) is 31.0 Å². The van der Waals surface area contributed by atoms with Gasteiger partial charge in [0.1, 0.15) is 12.3 Å². The maximum atomic E-state index is 13.4. The zero-order valence-corrected chi connectivity index (χ0v) is 21.7. The fourth-order valence-corrected chi connectivity index (χ4v) is 4.62. The highest BCUT2D eigenvalue weighted by Crippen LogP contribution is 2.40. The van der Waals surface area contributed by atoms with Gasteiger partial charge in [-0.25, -0.2) is 18.2 Å². The molecule has 214 valence electrons. The van der Waals surface area contributed by atoms with Gasteiger partial charge in [0.25, 0.3) is 5.56 Å². The number of hydrogen-bond donors (Lipinski definition) is 1.